The number of methoxy groups -OCH3 is 1. The first-order valence-corrected chi connectivity index (χ1v) is 10.4. The molecule has 1 N–H and O–H groups in total. The van der Waals surface area contributed by atoms with Crippen LogP contribution in [0.25, 0.3) is 11.6 Å². The molecular weight excluding hydrogens is 409 g/mol. The van der Waals surface area contributed by atoms with Crippen LogP contribution in [0.2, 0.25) is 0 Å². The first-order chi connectivity index (χ1) is 15.1. The van der Waals surface area contributed by atoms with Gasteiger partial charge in [-0.25, -0.2) is 9.18 Å². The number of hydrogen-bond donors (Lipinski definition) is 1. The SMILES string of the molecule is COc1cc2c(cc1/C=C1/NC(=O)N(Cc3ccccc3F)C1=O)C(C)=CC(C)(C)N2C. The number of urea groups is 1. The third kappa shape index (κ3) is 3.64. The second-order valence-electron chi connectivity index (χ2n) is 8.62. The van der Waals surface area contributed by atoms with Crippen molar-refractivity contribution in [2.45, 2.75) is 32.9 Å². The van der Waals surface area contributed by atoms with Crippen molar-refractivity contribution in [2.24, 2.45) is 0 Å². The molecule has 0 bridgehead atoms. The van der Waals surface area contributed by atoms with Crippen molar-refractivity contribution in [3.05, 3.63) is 70.7 Å². The Morgan fingerprint density at radius 3 is 2.59 bits per heavy atom. The summed E-state index contributed by atoms with van der Waals surface area (Å²) in [6, 6.07) is 9.40. The summed E-state index contributed by atoms with van der Waals surface area (Å²) in [5, 5.41) is 2.60. The minimum absolute atomic E-state index is 0.121. The molecule has 2 aromatic carbocycles. The van der Waals surface area contributed by atoms with Gasteiger partial charge in [0.2, 0.25) is 0 Å². The number of likely N-dealkylation sites (N-methyl/N-ethyl adjacent to an activating group) is 1. The molecule has 2 aliphatic rings. The maximum Gasteiger partial charge on any atom is 0.329 e. The number of nitrogens with zero attached hydrogens (tertiary/aromatic N) is 2. The number of carbonyl (C=O) groups is 2. The highest BCUT2D eigenvalue weighted by Gasteiger charge is 2.35. The van der Waals surface area contributed by atoms with Crippen LogP contribution in [-0.2, 0) is 11.3 Å². The number of anilines is 1. The fraction of sp³-hybridized carbons (Fsp3) is 0.280. The molecule has 3 amide bonds. The quantitative estimate of drug-likeness (QED) is 0.565. The average molecular weight is 435 g/mol. The van der Waals surface area contributed by atoms with Crippen molar-refractivity contribution in [2.75, 3.05) is 19.1 Å². The summed E-state index contributed by atoms with van der Waals surface area (Å²) in [5.74, 6) is -0.386. The molecule has 1 saturated heterocycles. The maximum absolute atomic E-state index is 14.0. The lowest BCUT2D eigenvalue weighted by atomic mass is 9.88. The number of allylic oxidation sites excluding steroid dienone is 1. The zero-order valence-electron chi connectivity index (χ0n) is 18.8. The first kappa shape index (κ1) is 21.6. The van der Waals surface area contributed by atoms with E-state index in [1.165, 1.54) is 6.07 Å². The van der Waals surface area contributed by atoms with Gasteiger partial charge in [-0.1, -0.05) is 24.3 Å². The number of amides is 3. The predicted octanol–water partition coefficient (Wildman–Crippen LogP) is 4.56. The van der Waals surface area contributed by atoms with Crippen LogP contribution < -0.4 is 15.0 Å². The zero-order chi connectivity index (χ0) is 23.2. The van der Waals surface area contributed by atoms with E-state index in [-0.39, 0.29) is 23.3 Å². The van der Waals surface area contributed by atoms with Gasteiger partial charge < -0.3 is 15.0 Å². The van der Waals surface area contributed by atoms with E-state index in [1.54, 1.807) is 31.4 Å². The molecule has 0 atom stereocenters. The minimum Gasteiger partial charge on any atom is -0.496 e. The number of carbonyl (C=O) groups excluding carboxylic acids is 2. The molecule has 166 valence electrons. The first-order valence-electron chi connectivity index (χ1n) is 10.4. The lowest BCUT2D eigenvalue weighted by Gasteiger charge is -2.41. The highest BCUT2D eigenvalue weighted by Crippen LogP contribution is 2.41. The van der Waals surface area contributed by atoms with Crippen LogP contribution in [0.3, 0.4) is 0 Å². The Morgan fingerprint density at radius 2 is 1.91 bits per heavy atom. The number of ether oxygens (including phenoxy) is 1. The second-order valence-corrected chi connectivity index (χ2v) is 8.62. The van der Waals surface area contributed by atoms with Crippen molar-refractivity contribution >= 4 is 29.3 Å². The van der Waals surface area contributed by atoms with Crippen molar-refractivity contribution in [3.8, 4) is 5.75 Å². The van der Waals surface area contributed by atoms with E-state index in [0.717, 1.165) is 21.7 Å². The van der Waals surface area contributed by atoms with Crippen LogP contribution >= 0.6 is 0 Å². The van der Waals surface area contributed by atoms with E-state index in [0.29, 0.717) is 11.3 Å². The Bertz CT molecular complexity index is 1180. The monoisotopic (exact) mass is 435 g/mol. The minimum atomic E-state index is -0.584. The summed E-state index contributed by atoms with van der Waals surface area (Å²) in [6.45, 7) is 6.19. The van der Waals surface area contributed by atoms with E-state index in [9.17, 15) is 14.0 Å². The summed E-state index contributed by atoms with van der Waals surface area (Å²) in [7, 11) is 3.60. The Hall–Kier alpha value is -3.61. The molecule has 2 aromatic rings. The molecule has 0 aliphatic carbocycles. The van der Waals surface area contributed by atoms with Gasteiger partial charge in [0.1, 0.15) is 17.3 Å². The van der Waals surface area contributed by atoms with Crippen molar-refractivity contribution in [1.29, 1.82) is 0 Å². The van der Waals surface area contributed by atoms with Crippen LogP contribution in [-0.4, -0.2) is 36.5 Å². The molecule has 4 rings (SSSR count). The number of benzene rings is 2. The molecule has 0 radical (unpaired) electrons. The van der Waals surface area contributed by atoms with Crippen molar-refractivity contribution < 1.29 is 18.7 Å². The van der Waals surface area contributed by atoms with Gasteiger partial charge in [-0.15, -0.1) is 0 Å². The van der Waals surface area contributed by atoms with Gasteiger partial charge >= 0.3 is 6.03 Å². The third-order valence-corrected chi connectivity index (χ3v) is 6.12. The van der Waals surface area contributed by atoms with Crippen LogP contribution in [0, 0.1) is 5.82 Å². The van der Waals surface area contributed by atoms with Gasteiger partial charge in [0.25, 0.3) is 5.91 Å². The highest BCUT2D eigenvalue weighted by molar-refractivity contribution is 6.14. The standard InChI is InChI=1S/C25H26FN3O3/c1-15-13-25(2,3)28(4)21-12-22(32-5)17(10-18(15)21)11-20-23(30)29(24(31)27-20)14-16-8-6-7-9-19(16)26/h6-13H,14H2,1-5H3,(H,27,31)/b20-11+. The predicted molar refractivity (Wildman–Crippen MR) is 123 cm³/mol. The van der Waals surface area contributed by atoms with E-state index < -0.39 is 17.8 Å². The van der Waals surface area contributed by atoms with Gasteiger partial charge in [0.15, 0.2) is 0 Å². The molecule has 0 spiro atoms. The van der Waals surface area contributed by atoms with Gasteiger partial charge in [-0.05, 0) is 44.6 Å². The second kappa shape index (κ2) is 7.82. The summed E-state index contributed by atoms with van der Waals surface area (Å²) in [6.07, 6.45) is 3.80. The van der Waals surface area contributed by atoms with E-state index in [4.69, 9.17) is 4.74 Å². The summed E-state index contributed by atoms with van der Waals surface area (Å²) in [4.78, 5) is 28.5. The molecule has 32 heavy (non-hydrogen) atoms. The number of fused-ring (bicyclic) bond motifs is 1. The number of nitrogens with one attached hydrogen (secondary N) is 1. The van der Waals surface area contributed by atoms with Gasteiger partial charge in [0.05, 0.1) is 19.2 Å². The lowest BCUT2D eigenvalue weighted by Crippen LogP contribution is -2.42. The molecule has 0 unspecified atom stereocenters. The smallest absolute Gasteiger partial charge is 0.329 e. The zero-order valence-corrected chi connectivity index (χ0v) is 18.8. The van der Waals surface area contributed by atoms with Crippen LogP contribution in [0.1, 0.15) is 37.5 Å². The third-order valence-electron chi connectivity index (χ3n) is 6.12. The van der Waals surface area contributed by atoms with Gasteiger partial charge in [0, 0.05) is 35.5 Å². The molecule has 0 saturated carbocycles. The Kier molecular flexibility index (Phi) is 5.28. The molecular formula is C25H26FN3O3. The average Bonchev–Trinajstić information content (AvgIpc) is 3.00. The summed E-state index contributed by atoms with van der Waals surface area (Å²) in [5.41, 5.74) is 4.09. The van der Waals surface area contributed by atoms with E-state index in [2.05, 4.69) is 37.1 Å². The van der Waals surface area contributed by atoms with E-state index >= 15 is 0 Å². The Morgan fingerprint density at radius 1 is 1.19 bits per heavy atom. The molecule has 0 aromatic heterocycles. The van der Waals surface area contributed by atoms with E-state index in [1.807, 2.05) is 19.2 Å². The highest BCUT2D eigenvalue weighted by atomic mass is 19.1. The largest absolute Gasteiger partial charge is 0.496 e. The number of hydrogen-bond acceptors (Lipinski definition) is 4. The number of rotatable bonds is 4. The lowest BCUT2D eigenvalue weighted by molar-refractivity contribution is -0.123. The van der Waals surface area contributed by atoms with Crippen LogP contribution in [0.4, 0.5) is 14.9 Å². The van der Waals surface area contributed by atoms with Crippen molar-refractivity contribution in [1.82, 2.24) is 10.2 Å². The van der Waals surface area contributed by atoms with Crippen molar-refractivity contribution in [3.63, 3.8) is 0 Å². The van der Waals surface area contributed by atoms with Crippen LogP contribution in [0.15, 0.2) is 48.2 Å². The molecule has 2 heterocycles. The summed E-state index contributed by atoms with van der Waals surface area (Å²) >= 11 is 0. The van der Waals surface area contributed by atoms with Crippen LogP contribution in [0.5, 0.6) is 5.75 Å². The molecule has 2 aliphatic heterocycles. The Labute approximate surface area is 187 Å². The van der Waals surface area contributed by atoms with Gasteiger partial charge in [-0.3, -0.25) is 9.69 Å². The summed E-state index contributed by atoms with van der Waals surface area (Å²) < 4.78 is 19.6. The van der Waals surface area contributed by atoms with Gasteiger partial charge in [-0.2, -0.15) is 0 Å². The Balaban J connectivity index is 1.70. The topological polar surface area (TPSA) is 61.9 Å². The number of imide groups is 1. The molecule has 1 fully saturated rings. The maximum atomic E-state index is 14.0. The molecule has 7 heteroatoms. The number of halogens is 1. The normalized spacial score (nSPS) is 18.6. The fourth-order valence-corrected chi connectivity index (χ4v) is 4.15. The fourth-order valence-electron chi connectivity index (χ4n) is 4.15. The molecule has 6 nitrogen and oxygen atoms in total.